The zero-order chi connectivity index (χ0) is 33.0. The predicted molar refractivity (Wildman–Crippen MR) is 202 cm³/mol. The molecule has 0 unspecified atom stereocenters. The Hall–Kier alpha value is -6.85. The van der Waals surface area contributed by atoms with Gasteiger partial charge in [-0.1, -0.05) is 140 Å². The van der Waals surface area contributed by atoms with Crippen molar-refractivity contribution in [1.82, 2.24) is 15.0 Å². The van der Waals surface area contributed by atoms with Crippen LogP contribution in [0, 0.1) is 0 Å². The van der Waals surface area contributed by atoms with Gasteiger partial charge in [-0.2, -0.15) is 0 Å². The summed E-state index contributed by atoms with van der Waals surface area (Å²) >= 11 is 0. The van der Waals surface area contributed by atoms with Crippen molar-refractivity contribution >= 4 is 43.9 Å². The van der Waals surface area contributed by atoms with Gasteiger partial charge in [0.05, 0.1) is 0 Å². The minimum atomic E-state index is 0.590. The van der Waals surface area contributed by atoms with E-state index in [1.165, 1.54) is 0 Å². The van der Waals surface area contributed by atoms with Gasteiger partial charge in [-0.15, -0.1) is 0 Å². The highest BCUT2D eigenvalue weighted by Crippen LogP contribution is 2.41. The average molecular weight is 642 g/mol. The lowest BCUT2D eigenvalue weighted by molar-refractivity contribution is 0.668. The monoisotopic (exact) mass is 641 g/mol. The lowest BCUT2D eigenvalue weighted by Gasteiger charge is -2.08. The first-order valence-electron chi connectivity index (χ1n) is 16.6. The fraction of sp³-hybridized carbons (Fsp3) is 0. The van der Waals surface area contributed by atoms with Crippen LogP contribution in [0.4, 0.5) is 0 Å². The first-order chi connectivity index (χ1) is 24.8. The fourth-order valence-corrected chi connectivity index (χ4v) is 6.91. The van der Waals surface area contributed by atoms with Crippen LogP contribution in [0.5, 0.6) is 0 Å². The lowest BCUT2D eigenvalue weighted by Crippen LogP contribution is -2.00. The van der Waals surface area contributed by atoms with Gasteiger partial charge in [0.1, 0.15) is 22.3 Å². The molecule has 5 nitrogen and oxygen atoms in total. The van der Waals surface area contributed by atoms with E-state index in [0.29, 0.717) is 17.5 Å². The molecule has 0 bridgehead atoms. The lowest BCUT2D eigenvalue weighted by atomic mass is 9.99. The summed E-state index contributed by atoms with van der Waals surface area (Å²) in [5.74, 6) is 1.84. The second-order valence-electron chi connectivity index (χ2n) is 12.4. The largest absolute Gasteiger partial charge is 0.456 e. The quantitative estimate of drug-likeness (QED) is 0.187. The molecule has 0 N–H and O–H groups in total. The maximum absolute atomic E-state index is 6.71. The molecule has 0 saturated carbocycles. The molecule has 0 saturated heterocycles. The third-order valence-corrected chi connectivity index (χ3v) is 9.35. The smallest absolute Gasteiger partial charge is 0.164 e. The summed E-state index contributed by atoms with van der Waals surface area (Å²) in [7, 11) is 0. The van der Waals surface area contributed by atoms with Crippen molar-refractivity contribution in [2.75, 3.05) is 0 Å². The summed E-state index contributed by atoms with van der Waals surface area (Å²) in [6.45, 7) is 0. The van der Waals surface area contributed by atoms with Crippen molar-refractivity contribution in [2.45, 2.75) is 0 Å². The zero-order valence-corrected chi connectivity index (χ0v) is 26.7. The Morgan fingerprint density at radius 2 is 0.820 bits per heavy atom. The number of hydrogen-bond acceptors (Lipinski definition) is 5. The standard InChI is InChI=1S/C45H27N3O2/c1-4-12-28(13-5-1)33-18-10-20-36-37-21-11-19-34(42(37)50-41(33)36)31-23-25-39-38(26-31)35-24-22-32(27-40(35)49-39)45-47-43(29-14-6-2-7-15-29)46-44(48-45)30-16-8-3-9-17-30/h1-27H. The fourth-order valence-electron chi connectivity index (χ4n) is 6.91. The molecule has 10 rings (SSSR count). The topological polar surface area (TPSA) is 65.0 Å². The number of rotatable bonds is 5. The van der Waals surface area contributed by atoms with Gasteiger partial charge in [0.25, 0.3) is 0 Å². The molecule has 0 aliphatic heterocycles. The van der Waals surface area contributed by atoms with Gasteiger partial charge in [0.15, 0.2) is 17.5 Å². The number of nitrogens with zero attached hydrogens (tertiary/aromatic N) is 3. The van der Waals surface area contributed by atoms with Crippen molar-refractivity contribution < 1.29 is 8.83 Å². The van der Waals surface area contributed by atoms with Gasteiger partial charge in [-0.05, 0) is 35.4 Å². The molecule has 0 atom stereocenters. The van der Waals surface area contributed by atoms with E-state index >= 15 is 0 Å². The van der Waals surface area contributed by atoms with Crippen molar-refractivity contribution in [3.8, 4) is 56.4 Å². The molecule has 5 heteroatoms. The molecule has 3 aromatic heterocycles. The molecular weight excluding hydrogens is 615 g/mol. The Balaban J connectivity index is 1.09. The molecular formula is C45H27N3O2. The number of aromatic nitrogens is 3. The molecule has 0 amide bonds. The summed E-state index contributed by atoms with van der Waals surface area (Å²) < 4.78 is 13.2. The summed E-state index contributed by atoms with van der Waals surface area (Å²) in [6.07, 6.45) is 0. The molecule has 0 aliphatic rings. The SMILES string of the molecule is c1ccc(-c2nc(-c3ccccc3)nc(-c3ccc4c(c3)oc3ccc(-c5cccc6c5oc5c(-c7ccccc7)cccc56)cc34)n2)cc1. The molecule has 10 aromatic rings. The van der Waals surface area contributed by atoms with Gasteiger partial charge in [-0.3, -0.25) is 0 Å². The van der Waals surface area contributed by atoms with E-state index < -0.39 is 0 Å². The molecule has 50 heavy (non-hydrogen) atoms. The van der Waals surface area contributed by atoms with E-state index in [-0.39, 0.29) is 0 Å². The van der Waals surface area contributed by atoms with Crippen molar-refractivity contribution in [3.63, 3.8) is 0 Å². The van der Waals surface area contributed by atoms with Gasteiger partial charge in [0, 0.05) is 49.4 Å². The predicted octanol–water partition coefficient (Wildman–Crippen LogP) is 12.0. The highest BCUT2D eigenvalue weighted by molar-refractivity contribution is 6.14. The minimum Gasteiger partial charge on any atom is -0.456 e. The Kier molecular flexibility index (Phi) is 6.42. The molecule has 0 fully saturated rings. The highest BCUT2D eigenvalue weighted by atomic mass is 16.3. The Morgan fingerprint density at radius 3 is 1.42 bits per heavy atom. The van der Waals surface area contributed by atoms with E-state index in [2.05, 4.69) is 84.9 Å². The summed E-state index contributed by atoms with van der Waals surface area (Å²) in [4.78, 5) is 14.7. The van der Waals surface area contributed by atoms with E-state index in [0.717, 1.165) is 82.8 Å². The molecule has 7 aromatic carbocycles. The molecule has 234 valence electrons. The normalized spacial score (nSPS) is 11.6. The van der Waals surface area contributed by atoms with Crippen LogP contribution in [-0.2, 0) is 0 Å². The summed E-state index contributed by atoms with van der Waals surface area (Å²) in [6, 6.07) is 55.7. The van der Waals surface area contributed by atoms with Gasteiger partial charge in [-0.25, -0.2) is 15.0 Å². The molecule has 3 heterocycles. The van der Waals surface area contributed by atoms with E-state index in [1.54, 1.807) is 0 Å². The molecule has 0 radical (unpaired) electrons. The van der Waals surface area contributed by atoms with Crippen LogP contribution < -0.4 is 0 Å². The number of furan rings is 2. The minimum absolute atomic E-state index is 0.590. The number of fused-ring (bicyclic) bond motifs is 6. The first-order valence-corrected chi connectivity index (χ1v) is 16.6. The Labute approximate surface area is 287 Å². The second kappa shape index (κ2) is 11.4. The highest BCUT2D eigenvalue weighted by Gasteiger charge is 2.18. The summed E-state index contributed by atoms with van der Waals surface area (Å²) in [5, 5.41) is 4.26. The van der Waals surface area contributed by atoms with Gasteiger partial charge in [0.2, 0.25) is 0 Å². The third kappa shape index (κ3) is 4.67. The Morgan fingerprint density at radius 1 is 0.300 bits per heavy atom. The first kappa shape index (κ1) is 28.2. The van der Waals surface area contributed by atoms with Crippen LogP contribution in [0.1, 0.15) is 0 Å². The van der Waals surface area contributed by atoms with Gasteiger partial charge >= 0.3 is 0 Å². The van der Waals surface area contributed by atoms with Crippen LogP contribution in [-0.4, -0.2) is 15.0 Å². The second-order valence-corrected chi connectivity index (χ2v) is 12.4. The van der Waals surface area contributed by atoms with E-state index in [9.17, 15) is 0 Å². The van der Waals surface area contributed by atoms with Gasteiger partial charge < -0.3 is 8.83 Å². The van der Waals surface area contributed by atoms with E-state index in [1.807, 2.05) is 78.9 Å². The van der Waals surface area contributed by atoms with Crippen LogP contribution in [0.15, 0.2) is 173 Å². The number of benzene rings is 7. The van der Waals surface area contributed by atoms with Crippen LogP contribution >= 0.6 is 0 Å². The van der Waals surface area contributed by atoms with Crippen LogP contribution in [0.25, 0.3) is 100 Å². The number of hydrogen-bond donors (Lipinski definition) is 0. The van der Waals surface area contributed by atoms with Crippen LogP contribution in [0.2, 0.25) is 0 Å². The Bertz CT molecular complexity index is 2800. The maximum atomic E-state index is 6.71. The summed E-state index contributed by atoms with van der Waals surface area (Å²) in [5.41, 5.74) is 10.4. The molecule has 0 aliphatic carbocycles. The third-order valence-electron chi connectivity index (χ3n) is 9.35. The van der Waals surface area contributed by atoms with Crippen molar-refractivity contribution in [3.05, 3.63) is 164 Å². The van der Waals surface area contributed by atoms with Crippen molar-refractivity contribution in [1.29, 1.82) is 0 Å². The zero-order valence-electron chi connectivity index (χ0n) is 26.7. The maximum Gasteiger partial charge on any atom is 0.164 e. The average Bonchev–Trinajstić information content (AvgIpc) is 3.76. The number of para-hydroxylation sites is 2. The van der Waals surface area contributed by atoms with E-state index in [4.69, 9.17) is 23.8 Å². The van der Waals surface area contributed by atoms with Crippen molar-refractivity contribution in [2.24, 2.45) is 0 Å². The van der Waals surface area contributed by atoms with Crippen LogP contribution in [0.3, 0.4) is 0 Å². The molecule has 0 spiro atoms.